The van der Waals surface area contributed by atoms with Crippen LogP contribution in [0.3, 0.4) is 0 Å². The lowest BCUT2D eigenvalue weighted by molar-refractivity contribution is -0.143. The van der Waals surface area contributed by atoms with Crippen LogP contribution in [0.2, 0.25) is 0 Å². The van der Waals surface area contributed by atoms with E-state index >= 15 is 0 Å². The van der Waals surface area contributed by atoms with E-state index in [-0.39, 0.29) is 18.1 Å². The predicted octanol–water partition coefficient (Wildman–Crippen LogP) is 2.58. The highest BCUT2D eigenvalue weighted by atomic mass is 32.1. The molecule has 2 aromatic heterocycles. The zero-order valence-electron chi connectivity index (χ0n) is 12.0. The zero-order valence-corrected chi connectivity index (χ0v) is 12.8. The lowest BCUT2D eigenvalue weighted by atomic mass is 10.0. The Morgan fingerprint density at radius 1 is 1.52 bits per heavy atom. The van der Waals surface area contributed by atoms with Gasteiger partial charge < -0.3 is 10.1 Å². The van der Waals surface area contributed by atoms with Crippen LogP contribution in [0.15, 0.2) is 35.1 Å². The van der Waals surface area contributed by atoms with Gasteiger partial charge in [0.2, 0.25) is 5.95 Å². The van der Waals surface area contributed by atoms with E-state index in [1.807, 2.05) is 38.3 Å². The predicted molar refractivity (Wildman–Crippen MR) is 80.0 cm³/mol. The summed E-state index contributed by atoms with van der Waals surface area (Å²) in [4.78, 5) is 17.7. The monoisotopic (exact) mass is 304 g/mol. The molecule has 0 spiro atoms. The van der Waals surface area contributed by atoms with Gasteiger partial charge in [-0.15, -0.1) is 11.3 Å². The van der Waals surface area contributed by atoms with Crippen LogP contribution in [-0.2, 0) is 9.53 Å². The summed E-state index contributed by atoms with van der Waals surface area (Å²) in [5.41, 5.74) is 1.32. The van der Waals surface area contributed by atoms with E-state index in [1.54, 1.807) is 16.0 Å². The fourth-order valence-electron chi connectivity index (χ4n) is 2.34. The molecular weight excluding hydrogens is 288 g/mol. The second kappa shape index (κ2) is 5.33. The summed E-state index contributed by atoms with van der Waals surface area (Å²) >= 11 is 1.58. The van der Waals surface area contributed by atoms with Crippen molar-refractivity contribution in [2.45, 2.75) is 32.9 Å². The largest absolute Gasteiger partial charge is 0.459 e. The van der Waals surface area contributed by atoms with Crippen LogP contribution in [0.5, 0.6) is 0 Å². The summed E-state index contributed by atoms with van der Waals surface area (Å²) in [5.74, 6) is 0.307. The number of rotatable bonds is 3. The molecule has 1 aliphatic heterocycles. The SMILES string of the molecule is CC1=C(C(=O)OC(C)C)[C@@H](c2cccs2)n2ncnc2N1. The molecule has 6 nitrogen and oxygen atoms in total. The molecule has 3 rings (SSSR count). The number of hydrogen-bond donors (Lipinski definition) is 1. The topological polar surface area (TPSA) is 69.0 Å². The minimum absolute atomic E-state index is 0.168. The van der Waals surface area contributed by atoms with Crippen LogP contribution in [-0.4, -0.2) is 26.8 Å². The number of aromatic nitrogens is 3. The van der Waals surface area contributed by atoms with Crippen molar-refractivity contribution in [2.24, 2.45) is 0 Å². The third kappa shape index (κ3) is 2.44. The number of nitrogens with zero attached hydrogens (tertiary/aromatic N) is 3. The van der Waals surface area contributed by atoms with E-state index < -0.39 is 0 Å². The molecule has 7 heteroatoms. The Bertz CT molecular complexity index is 688. The number of carbonyl (C=O) groups excluding carboxylic acids is 1. The van der Waals surface area contributed by atoms with Gasteiger partial charge in [-0.05, 0) is 32.2 Å². The average Bonchev–Trinajstić information content (AvgIpc) is 3.06. The van der Waals surface area contributed by atoms with Crippen LogP contribution in [0.25, 0.3) is 0 Å². The highest BCUT2D eigenvalue weighted by molar-refractivity contribution is 7.10. The molecule has 0 radical (unpaired) electrons. The number of fused-ring (bicyclic) bond motifs is 1. The third-order valence-corrected chi connectivity index (χ3v) is 4.09. The fraction of sp³-hybridized carbons (Fsp3) is 0.357. The lowest BCUT2D eigenvalue weighted by Gasteiger charge is -2.27. The quantitative estimate of drug-likeness (QED) is 0.883. The van der Waals surface area contributed by atoms with Crippen molar-refractivity contribution in [3.05, 3.63) is 40.0 Å². The Labute approximate surface area is 126 Å². The van der Waals surface area contributed by atoms with E-state index in [0.717, 1.165) is 10.6 Å². The second-order valence-corrected chi connectivity index (χ2v) is 6.04. The van der Waals surface area contributed by atoms with Gasteiger partial charge in [0.05, 0.1) is 11.7 Å². The molecule has 3 heterocycles. The minimum atomic E-state index is -0.324. The average molecular weight is 304 g/mol. The summed E-state index contributed by atoms with van der Waals surface area (Å²) in [6, 6.07) is 3.65. The van der Waals surface area contributed by atoms with Gasteiger partial charge in [-0.1, -0.05) is 6.07 Å². The summed E-state index contributed by atoms with van der Waals surface area (Å²) in [7, 11) is 0. The first kappa shape index (κ1) is 13.8. The Balaban J connectivity index is 2.08. The second-order valence-electron chi connectivity index (χ2n) is 5.06. The molecule has 1 atom stereocenters. The maximum Gasteiger partial charge on any atom is 0.338 e. The lowest BCUT2D eigenvalue weighted by Crippen LogP contribution is -2.30. The molecule has 1 N–H and O–H groups in total. The highest BCUT2D eigenvalue weighted by Crippen LogP contribution is 2.37. The number of esters is 1. The van der Waals surface area contributed by atoms with Crippen molar-refractivity contribution in [1.82, 2.24) is 14.8 Å². The van der Waals surface area contributed by atoms with Gasteiger partial charge in [0.25, 0.3) is 0 Å². The van der Waals surface area contributed by atoms with Crippen molar-refractivity contribution in [1.29, 1.82) is 0 Å². The highest BCUT2D eigenvalue weighted by Gasteiger charge is 2.35. The first-order valence-electron chi connectivity index (χ1n) is 6.69. The van der Waals surface area contributed by atoms with E-state index in [4.69, 9.17) is 4.74 Å². The maximum atomic E-state index is 12.5. The van der Waals surface area contributed by atoms with Gasteiger partial charge in [-0.25, -0.2) is 9.48 Å². The number of carbonyl (C=O) groups is 1. The first-order chi connectivity index (χ1) is 10.1. The normalized spacial score (nSPS) is 17.6. The van der Waals surface area contributed by atoms with Gasteiger partial charge in [0.15, 0.2) is 0 Å². The van der Waals surface area contributed by atoms with Crippen molar-refractivity contribution in [2.75, 3.05) is 5.32 Å². The summed E-state index contributed by atoms with van der Waals surface area (Å²) in [5, 5.41) is 9.34. The van der Waals surface area contributed by atoms with E-state index in [0.29, 0.717) is 11.5 Å². The third-order valence-electron chi connectivity index (χ3n) is 3.17. The van der Waals surface area contributed by atoms with Crippen LogP contribution < -0.4 is 5.32 Å². The summed E-state index contributed by atoms with van der Waals surface area (Å²) in [6.07, 6.45) is 1.31. The molecule has 0 saturated heterocycles. The van der Waals surface area contributed by atoms with Gasteiger partial charge in [-0.3, -0.25) is 0 Å². The molecule has 0 fully saturated rings. The summed E-state index contributed by atoms with van der Waals surface area (Å²) < 4.78 is 7.10. The minimum Gasteiger partial charge on any atom is -0.459 e. The summed E-state index contributed by atoms with van der Waals surface area (Å²) in [6.45, 7) is 5.53. The maximum absolute atomic E-state index is 12.5. The number of allylic oxidation sites excluding steroid dienone is 1. The fourth-order valence-corrected chi connectivity index (χ4v) is 3.16. The Morgan fingerprint density at radius 2 is 2.33 bits per heavy atom. The number of anilines is 1. The van der Waals surface area contributed by atoms with Crippen molar-refractivity contribution in [3.8, 4) is 0 Å². The molecule has 0 bridgehead atoms. The van der Waals surface area contributed by atoms with Crippen LogP contribution in [0, 0.1) is 0 Å². The van der Waals surface area contributed by atoms with Crippen molar-refractivity contribution >= 4 is 23.3 Å². The molecule has 21 heavy (non-hydrogen) atoms. The number of hydrogen-bond acceptors (Lipinski definition) is 6. The molecular formula is C14H16N4O2S. The zero-order chi connectivity index (χ0) is 15.0. The Kier molecular flexibility index (Phi) is 3.50. The number of ether oxygens (including phenoxy) is 1. The molecule has 0 unspecified atom stereocenters. The van der Waals surface area contributed by atoms with Gasteiger partial charge in [0, 0.05) is 10.6 Å². The molecule has 0 aromatic carbocycles. The molecule has 0 aliphatic carbocycles. The van der Waals surface area contributed by atoms with Crippen LogP contribution >= 0.6 is 11.3 Å². The molecule has 110 valence electrons. The van der Waals surface area contributed by atoms with Gasteiger partial charge in [-0.2, -0.15) is 10.1 Å². The van der Waals surface area contributed by atoms with Crippen LogP contribution in [0.1, 0.15) is 31.7 Å². The number of nitrogens with one attached hydrogen (secondary N) is 1. The van der Waals surface area contributed by atoms with E-state index in [9.17, 15) is 4.79 Å². The molecule has 2 aromatic rings. The molecule has 1 aliphatic rings. The van der Waals surface area contributed by atoms with Gasteiger partial charge in [0.1, 0.15) is 12.4 Å². The molecule has 0 saturated carbocycles. The Hall–Kier alpha value is -2.15. The van der Waals surface area contributed by atoms with Crippen molar-refractivity contribution < 1.29 is 9.53 Å². The van der Waals surface area contributed by atoms with E-state index in [2.05, 4.69) is 15.4 Å². The number of thiophene rings is 1. The van der Waals surface area contributed by atoms with E-state index in [1.165, 1.54) is 6.33 Å². The van der Waals surface area contributed by atoms with Crippen molar-refractivity contribution in [3.63, 3.8) is 0 Å². The smallest absolute Gasteiger partial charge is 0.338 e. The molecule has 0 amide bonds. The standard InChI is InChI=1S/C14H16N4O2S/c1-8(2)20-13(19)11-9(3)17-14-15-7-16-18(14)12(11)10-5-4-6-21-10/h4-8,12H,1-3H3,(H,15,16,17)/t12-/m1/s1. The first-order valence-corrected chi connectivity index (χ1v) is 7.57. The Morgan fingerprint density at radius 3 is 3.00 bits per heavy atom. The van der Waals surface area contributed by atoms with Gasteiger partial charge >= 0.3 is 5.97 Å². The van der Waals surface area contributed by atoms with Crippen LogP contribution in [0.4, 0.5) is 5.95 Å².